The zero-order chi connectivity index (χ0) is 23.5. The van der Waals surface area contributed by atoms with E-state index < -0.39 is 13.0 Å². The van der Waals surface area contributed by atoms with Gasteiger partial charge in [0, 0.05) is 12.0 Å². The van der Waals surface area contributed by atoms with E-state index in [4.69, 9.17) is 9.39 Å². The number of rotatable bonds is 8. The summed E-state index contributed by atoms with van der Waals surface area (Å²) in [5.41, 5.74) is 4.98. The summed E-state index contributed by atoms with van der Waals surface area (Å²) in [6.07, 6.45) is 2.21. The van der Waals surface area contributed by atoms with Crippen LogP contribution >= 0.6 is 0 Å². The van der Waals surface area contributed by atoms with Gasteiger partial charge in [0.25, 0.3) is 0 Å². The number of fused-ring (bicyclic) bond motifs is 2. The summed E-state index contributed by atoms with van der Waals surface area (Å²) < 4.78 is 10.8. The number of benzene rings is 2. The molecule has 0 radical (unpaired) electrons. The molecule has 33 heavy (non-hydrogen) atoms. The number of hydrogen-bond acceptors (Lipinski definition) is 7. The molecule has 1 atom stereocenters. The Morgan fingerprint density at radius 3 is 2.70 bits per heavy atom. The lowest BCUT2D eigenvalue weighted by Gasteiger charge is -2.19. The largest absolute Gasteiger partial charge is 0.492 e. The summed E-state index contributed by atoms with van der Waals surface area (Å²) in [7, 11) is -0.996. The highest BCUT2D eigenvalue weighted by atomic mass is 16.5. The van der Waals surface area contributed by atoms with Crippen molar-refractivity contribution in [3.8, 4) is 0 Å². The van der Waals surface area contributed by atoms with E-state index in [1.165, 1.54) is 0 Å². The van der Waals surface area contributed by atoms with Crippen LogP contribution in [-0.2, 0) is 27.4 Å². The van der Waals surface area contributed by atoms with Gasteiger partial charge in [-0.25, -0.2) is 4.98 Å². The van der Waals surface area contributed by atoms with Crippen molar-refractivity contribution in [1.82, 2.24) is 9.97 Å². The van der Waals surface area contributed by atoms with Crippen LogP contribution in [0, 0.1) is 18.8 Å². The summed E-state index contributed by atoms with van der Waals surface area (Å²) in [6, 6.07) is 11.1. The number of Topliss-reactive ketones (excluding diaryl/α,β-unsaturated/α-hetero) is 1. The maximum absolute atomic E-state index is 12.9. The highest BCUT2D eigenvalue weighted by Gasteiger charge is 2.31. The van der Waals surface area contributed by atoms with E-state index in [0.717, 1.165) is 22.2 Å². The fourth-order valence-electron chi connectivity index (χ4n) is 4.27. The van der Waals surface area contributed by atoms with Crippen LogP contribution in [0.3, 0.4) is 0 Å². The maximum atomic E-state index is 12.9. The van der Waals surface area contributed by atoms with E-state index in [1.807, 2.05) is 51.1 Å². The molecular weight excluding hydrogens is 419 g/mol. The van der Waals surface area contributed by atoms with Gasteiger partial charge in [0.2, 0.25) is 0 Å². The van der Waals surface area contributed by atoms with Crippen LogP contribution in [0.4, 0.5) is 0 Å². The molecule has 7 nitrogen and oxygen atoms in total. The standard InChI is InChI=1S/C25H27BN2O5/c1-15(2)19(25(30)32-14-18-12-27-21-6-4-5-7-22(21)28-18)10-11-23(29)20-9-8-17-13-33-26(31)24(17)16(20)3/h4-9,12,15,19,31H,10-11,13-14H2,1-3H3/t19-/m0/s1. The molecule has 3 aromatic rings. The Bertz CT molecular complexity index is 1200. The smallest absolute Gasteiger partial charge is 0.459 e. The zero-order valence-corrected chi connectivity index (χ0v) is 19.1. The first-order valence-electron chi connectivity index (χ1n) is 11.2. The SMILES string of the molecule is Cc1c(C(=O)CC[C@H](C(=O)OCc2cnc3ccccc3n2)C(C)C)ccc2c1B(O)OC2. The van der Waals surface area contributed by atoms with Crippen molar-refractivity contribution in [2.24, 2.45) is 11.8 Å². The molecule has 0 aliphatic carbocycles. The van der Waals surface area contributed by atoms with Gasteiger partial charge in [0.05, 0.1) is 35.4 Å². The third-order valence-corrected chi connectivity index (χ3v) is 6.20. The molecule has 0 unspecified atom stereocenters. The van der Waals surface area contributed by atoms with Crippen molar-refractivity contribution in [2.45, 2.75) is 46.8 Å². The van der Waals surface area contributed by atoms with Crippen molar-refractivity contribution in [1.29, 1.82) is 0 Å². The molecule has 1 N–H and O–H groups in total. The molecule has 4 rings (SSSR count). The molecule has 0 saturated carbocycles. The minimum absolute atomic E-state index is 0.0179. The average molecular weight is 446 g/mol. The third-order valence-electron chi connectivity index (χ3n) is 6.20. The van der Waals surface area contributed by atoms with Gasteiger partial charge >= 0.3 is 13.1 Å². The fraction of sp³-hybridized carbons (Fsp3) is 0.360. The predicted molar refractivity (Wildman–Crippen MR) is 125 cm³/mol. The van der Waals surface area contributed by atoms with Crippen molar-refractivity contribution < 1.29 is 24.0 Å². The molecule has 0 bridgehead atoms. The van der Waals surface area contributed by atoms with Crippen LogP contribution in [0.2, 0.25) is 0 Å². The number of para-hydroxylation sites is 2. The van der Waals surface area contributed by atoms with Gasteiger partial charge < -0.3 is 14.4 Å². The molecular formula is C25H27BN2O5. The predicted octanol–water partition coefficient (Wildman–Crippen LogP) is 3.13. The third kappa shape index (κ3) is 4.97. The van der Waals surface area contributed by atoms with Gasteiger partial charge in [-0.3, -0.25) is 14.6 Å². The summed E-state index contributed by atoms with van der Waals surface area (Å²) in [6.45, 7) is 6.09. The maximum Gasteiger partial charge on any atom is 0.492 e. The number of hydrogen-bond donors (Lipinski definition) is 1. The molecule has 1 aliphatic heterocycles. The average Bonchev–Trinajstić information content (AvgIpc) is 3.19. The van der Waals surface area contributed by atoms with Crippen LogP contribution in [-0.4, -0.2) is 33.9 Å². The minimum Gasteiger partial charge on any atom is -0.459 e. The first-order chi connectivity index (χ1) is 15.8. The summed E-state index contributed by atoms with van der Waals surface area (Å²) in [5.74, 6) is -0.800. The van der Waals surface area contributed by atoms with Gasteiger partial charge in [-0.1, -0.05) is 38.1 Å². The highest BCUT2D eigenvalue weighted by molar-refractivity contribution is 6.62. The van der Waals surface area contributed by atoms with E-state index in [-0.39, 0.29) is 30.7 Å². The zero-order valence-electron chi connectivity index (χ0n) is 19.1. The van der Waals surface area contributed by atoms with E-state index >= 15 is 0 Å². The Morgan fingerprint density at radius 1 is 1.18 bits per heavy atom. The highest BCUT2D eigenvalue weighted by Crippen LogP contribution is 2.23. The molecule has 1 aliphatic rings. The van der Waals surface area contributed by atoms with Gasteiger partial charge in [-0.2, -0.15) is 0 Å². The van der Waals surface area contributed by atoms with Gasteiger partial charge in [-0.15, -0.1) is 0 Å². The number of esters is 1. The molecule has 0 saturated heterocycles. The summed E-state index contributed by atoms with van der Waals surface area (Å²) in [4.78, 5) is 34.6. The van der Waals surface area contributed by atoms with E-state index in [1.54, 1.807) is 12.3 Å². The van der Waals surface area contributed by atoms with Crippen LogP contribution in [0.5, 0.6) is 0 Å². The number of carbonyl (C=O) groups excluding carboxylic acids is 2. The van der Waals surface area contributed by atoms with E-state index in [2.05, 4.69) is 9.97 Å². The van der Waals surface area contributed by atoms with Crippen molar-refractivity contribution in [2.75, 3.05) is 0 Å². The van der Waals surface area contributed by atoms with Gasteiger partial charge in [0.1, 0.15) is 6.61 Å². The Hall–Kier alpha value is -3.10. The second kappa shape index (κ2) is 9.81. The first kappa shape index (κ1) is 23.1. The van der Waals surface area contributed by atoms with E-state index in [9.17, 15) is 14.6 Å². The number of ketones is 1. The lowest BCUT2D eigenvalue weighted by atomic mass is 9.74. The number of nitrogens with zero attached hydrogens (tertiary/aromatic N) is 2. The second-order valence-electron chi connectivity index (χ2n) is 8.74. The van der Waals surface area contributed by atoms with Crippen LogP contribution < -0.4 is 5.46 Å². The quantitative estimate of drug-likeness (QED) is 0.323. The first-order valence-corrected chi connectivity index (χ1v) is 11.2. The molecule has 0 amide bonds. The Morgan fingerprint density at radius 2 is 1.94 bits per heavy atom. The number of ether oxygens (including phenoxy) is 1. The minimum atomic E-state index is -0.996. The second-order valence-corrected chi connectivity index (χ2v) is 8.74. The molecule has 1 aromatic heterocycles. The number of carbonyl (C=O) groups is 2. The van der Waals surface area contributed by atoms with Crippen LogP contribution in [0.15, 0.2) is 42.6 Å². The lowest BCUT2D eigenvalue weighted by Crippen LogP contribution is -2.32. The molecule has 0 spiro atoms. The Balaban J connectivity index is 1.38. The fourth-order valence-corrected chi connectivity index (χ4v) is 4.27. The van der Waals surface area contributed by atoms with Crippen LogP contribution in [0.1, 0.15) is 53.9 Å². The molecule has 8 heteroatoms. The summed E-state index contributed by atoms with van der Waals surface area (Å²) in [5, 5.41) is 10.0. The normalized spacial score (nSPS) is 13.9. The van der Waals surface area contributed by atoms with Crippen molar-refractivity contribution in [3.05, 3.63) is 65.0 Å². The molecule has 2 heterocycles. The topological polar surface area (TPSA) is 98.6 Å². The Kier molecular flexibility index (Phi) is 6.86. The Labute approximate surface area is 193 Å². The van der Waals surface area contributed by atoms with Gasteiger partial charge in [-0.05, 0) is 48.0 Å². The molecule has 0 fully saturated rings. The molecule has 170 valence electrons. The van der Waals surface area contributed by atoms with Gasteiger partial charge in [0.15, 0.2) is 5.78 Å². The van der Waals surface area contributed by atoms with Crippen molar-refractivity contribution >= 4 is 35.4 Å². The van der Waals surface area contributed by atoms with Crippen molar-refractivity contribution in [3.63, 3.8) is 0 Å². The lowest BCUT2D eigenvalue weighted by molar-refractivity contribution is -0.151. The number of aromatic nitrogens is 2. The van der Waals surface area contributed by atoms with Crippen LogP contribution in [0.25, 0.3) is 11.0 Å². The summed E-state index contributed by atoms with van der Waals surface area (Å²) >= 11 is 0. The monoisotopic (exact) mass is 446 g/mol. The molecule has 2 aromatic carbocycles. The van der Waals surface area contributed by atoms with E-state index in [0.29, 0.717) is 29.7 Å².